The summed E-state index contributed by atoms with van der Waals surface area (Å²) in [4.78, 5) is 106. The van der Waals surface area contributed by atoms with E-state index in [9.17, 15) is 43.5 Å². The van der Waals surface area contributed by atoms with E-state index < -0.39 is 85.2 Å². The summed E-state index contributed by atoms with van der Waals surface area (Å²) < 4.78 is 0. The second kappa shape index (κ2) is 21.4. The van der Waals surface area contributed by atoms with Gasteiger partial charge in [-0.15, -0.1) is 0 Å². The van der Waals surface area contributed by atoms with Gasteiger partial charge in [0.05, 0.1) is 32.2 Å². The number of Topliss-reactive ketones (excluding diaryl/α,β-unsaturated/α-hetero) is 1. The van der Waals surface area contributed by atoms with Gasteiger partial charge >= 0.3 is 5.97 Å². The van der Waals surface area contributed by atoms with E-state index in [1.165, 1.54) is 4.90 Å². The van der Waals surface area contributed by atoms with Gasteiger partial charge in [0, 0.05) is 36.5 Å². The minimum atomic E-state index is -1.25. The van der Waals surface area contributed by atoms with Crippen LogP contribution in [0.25, 0.3) is 10.9 Å². The van der Waals surface area contributed by atoms with Crippen molar-refractivity contribution in [2.75, 3.05) is 32.7 Å². The van der Waals surface area contributed by atoms with E-state index in [1.54, 1.807) is 6.20 Å². The first-order valence-corrected chi connectivity index (χ1v) is 18.5. The number of nitrogens with zero attached hydrogens (tertiary/aromatic N) is 1. The van der Waals surface area contributed by atoms with Crippen LogP contribution < -0.4 is 31.9 Å². The van der Waals surface area contributed by atoms with Gasteiger partial charge in [-0.1, -0.05) is 58.7 Å². The Morgan fingerprint density at radius 3 is 2.19 bits per heavy atom. The molecule has 1 fully saturated rings. The summed E-state index contributed by atoms with van der Waals surface area (Å²) in [5.74, 6) is -5.00. The van der Waals surface area contributed by atoms with E-state index >= 15 is 0 Å². The average Bonchev–Trinajstić information content (AvgIpc) is 3.76. The summed E-state index contributed by atoms with van der Waals surface area (Å²) in [6.45, 7) is 6.36. The largest absolute Gasteiger partial charge is 0.480 e. The highest BCUT2D eigenvalue weighted by molar-refractivity contribution is 5.96. The number of rotatable bonds is 22. The van der Waals surface area contributed by atoms with Crippen molar-refractivity contribution < 1.29 is 43.5 Å². The third-order valence-corrected chi connectivity index (χ3v) is 8.85. The number of carboxylic acids is 1. The fourth-order valence-electron chi connectivity index (χ4n) is 6.13. The maximum atomic E-state index is 13.8. The molecule has 17 heteroatoms. The number of fused-ring (bicyclic) bond motifs is 1. The van der Waals surface area contributed by atoms with Crippen LogP contribution in [0.2, 0.25) is 0 Å². The highest BCUT2D eigenvalue weighted by Crippen LogP contribution is 2.19. The van der Waals surface area contributed by atoms with Gasteiger partial charge < -0.3 is 41.6 Å². The molecule has 0 bridgehead atoms. The molecular weight excluding hydrogens is 700 g/mol. The van der Waals surface area contributed by atoms with Crippen molar-refractivity contribution in [2.45, 2.75) is 96.8 Å². The van der Waals surface area contributed by atoms with Crippen LogP contribution in [0.15, 0.2) is 30.5 Å². The first kappa shape index (κ1) is 43.1. The van der Waals surface area contributed by atoms with Crippen molar-refractivity contribution in [3.8, 4) is 0 Å². The van der Waals surface area contributed by atoms with Crippen LogP contribution in [0.3, 0.4) is 0 Å². The predicted molar refractivity (Wildman–Crippen MR) is 199 cm³/mol. The summed E-state index contributed by atoms with van der Waals surface area (Å²) >= 11 is 0. The van der Waals surface area contributed by atoms with Crippen LogP contribution in [0.4, 0.5) is 0 Å². The lowest BCUT2D eigenvalue weighted by Gasteiger charge is -2.29. The van der Waals surface area contributed by atoms with Crippen molar-refractivity contribution >= 4 is 58.1 Å². The number of nitrogens with one attached hydrogen (secondary N) is 7. The van der Waals surface area contributed by atoms with Crippen LogP contribution in [0.1, 0.15) is 71.8 Å². The quantitative estimate of drug-likeness (QED) is 0.0792. The molecule has 6 amide bonds. The molecule has 2 unspecified atom stereocenters. The zero-order chi connectivity index (χ0) is 39.8. The Morgan fingerprint density at radius 2 is 1.56 bits per heavy atom. The van der Waals surface area contributed by atoms with Gasteiger partial charge in [0.15, 0.2) is 0 Å². The van der Waals surface area contributed by atoms with Gasteiger partial charge in [-0.05, 0) is 36.8 Å². The molecule has 8 N–H and O–H groups in total. The molecule has 0 saturated carbocycles. The monoisotopic (exact) mass is 754 g/mol. The van der Waals surface area contributed by atoms with E-state index in [-0.39, 0.29) is 50.5 Å². The zero-order valence-corrected chi connectivity index (χ0v) is 31.4. The number of aromatic amines is 1. The molecule has 0 aliphatic carbocycles. The van der Waals surface area contributed by atoms with Crippen LogP contribution in [0, 0.1) is 5.92 Å². The predicted octanol–water partition coefficient (Wildman–Crippen LogP) is -0.112. The van der Waals surface area contributed by atoms with E-state index in [0.29, 0.717) is 18.4 Å². The molecule has 1 aromatic carbocycles. The summed E-state index contributed by atoms with van der Waals surface area (Å²) in [5.41, 5.74) is 1.55. The minimum absolute atomic E-state index is 0.0193. The van der Waals surface area contributed by atoms with Gasteiger partial charge in [-0.3, -0.25) is 38.9 Å². The molecule has 0 spiro atoms. The Balaban J connectivity index is 1.58. The number of hydrogen-bond acceptors (Lipinski definition) is 9. The normalized spacial score (nSPS) is 15.6. The fourth-order valence-corrected chi connectivity index (χ4v) is 6.13. The van der Waals surface area contributed by atoms with Crippen LogP contribution in [0.5, 0.6) is 0 Å². The Kier molecular flexibility index (Phi) is 17.1. The number of carbonyl (C=O) groups excluding carboxylic acids is 7. The Bertz CT molecular complexity index is 1660. The van der Waals surface area contributed by atoms with Gasteiger partial charge in [-0.25, -0.2) is 4.79 Å². The number of carboxylic acid groups (broad SMARTS) is 1. The van der Waals surface area contributed by atoms with E-state index in [2.05, 4.69) is 36.9 Å². The third-order valence-electron chi connectivity index (χ3n) is 8.85. The first-order valence-electron chi connectivity index (χ1n) is 18.5. The van der Waals surface area contributed by atoms with Crippen molar-refractivity contribution in [3.05, 3.63) is 36.0 Å². The number of H-pyrrole nitrogens is 1. The molecule has 2 aromatic rings. The van der Waals surface area contributed by atoms with Gasteiger partial charge in [0.1, 0.15) is 23.9 Å². The summed E-state index contributed by atoms with van der Waals surface area (Å²) in [5, 5.41) is 26.2. The number of aliphatic carboxylic acids is 1. The highest BCUT2D eigenvalue weighted by atomic mass is 16.4. The Morgan fingerprint density at radius 1 is 0.889 bits per heavy atom. The molecule has 296 valence electrons. The van der Waals surface area contributed by atoms with Crippen molar-refractivity contribution in [3.63, 3.8) is 0 Å². The number of para-hydroxylation sites is 1. The lowest BCUT2D eigenvalue weighted by molar-refractivity contribution is -0.143. The first-order chi connectivity index (χ1) is 25.7. The topological polar surface area (TPSA) is 248 Å². The molecular formula is C37H54N8O9. The third kappa shape index (κ3) is 13.6. The molecule has 2 heterocycles. The molecule has 1 aromatic heterocycles. The van der Waals surface area contributed by atoms with Crippen molar-refractivity contribution in [1.29, 1.82) is 0 Å². The number of ketones is 1. The number of benzene rings is 1. The fraction of sp³-hybridized carbons (Fsp3) is 0.568. The Hall–Kier alpha value is -5.32. The summed E-state index contributed by atoms with van der Waals surface area (Å²) in [6, 6.07) is 3.39. The summed E-state index contributed by atoms with van der Waals surface area (Å²) in [6.07, 6.45) is 4.06. The molecule has 54 heavy (non-hydrogen) atoms. The van der Waals surface area contributed by atoms with E-state index in [4.69, 9.17) is 0 Å². The van der Waals surface area contributed by atoms with Gasteiger partial charge in [0.25, 0.3) is 0 Å². The van der Waals surface area contributed by atoms with Crippen molar-refractivity contribution in [2.24, 2.45) is 5.92 Å². The van der Waals surface area contributed by atoms with Crippen molar-refractivity contribution in [1.82, 2.24) is 41.8 Å². The highest BCUT2D eigenvalue weighted by Gasteiger charge is 2.31. The maximum absolute atomic E-state index is 13.8. The number of amides is 6. The molecule has 1 aliphatic heterocycles. The summed E-state index contributed by atoms with van der Waals surface area (Å²) in [7, 11) is 0. The molecule has 4 atom stereocenters. The van der Waals surface area contributed by atoms with Crippen LogP contribution in [-0.2, 0) is 44.8 Å². The second-order valence-corrected chi connectivity index (χ2v) is 13.9. The second-order valence-electron chi connectivity index (χ2n) is 13.9. The Labute approximate surface area is 314 Å². The molecule has 0 radical (unpaired) electrons. The van der Waals surface area contributed by atoms with Gasteiger partial charge in [0.2, 0.25) is 35.4 Å². The maximum Gasteiger partial charge on any atom is 0.326 e. The number of aromatic nitrogens is 1. The van der Waals surface area contributed by atoms with E-state index in [0.717, 1.165) is 17.3 Å². The number of carbonyl (C=O) groups is 8. The molecule has 1 saturated heterocycles. The SMILES string of the molecule is CCCCC(NC(=O)CNC(=O)[C@@H]1CC(=O)CN1)C(=O)NCC(=O)N[C@@H](CC(C)C)C(=O)N(CCC)CC(=O)NC(Cc1c[nH]c2ccccc12)C(=O)O. The lowest BCUT2D eigenvalue weighted by atomic mass is 10.0. The molecule has 1 aliphatic rings. The average molecular weight is 755 g/mol. The lowest BCUT2D eigenvalue weighted by Crippen LogP contribution is -2.55. The van der Waals surface area contributed by atoms with E-state index in [1.807, 2.05) is 52.0 Å². The van der Waals surface area contributed by atoms with Crippen LogP contribution >= 0.6 is 0 Å². The minimum Gasteiger partial charge on any atom is -0.480 e. The smallest absolute Gasteiger partial charge is 0.326 e. The number of unbranched alkanes of at least 4 members (excludes halogenated alkanes) is 1. The molecule has 17 nitrogen and oxygen atoms in total. The van der Waals surface area contributed by atoms with Crippen LogP contribution in [-0.4, -0.2) is 119 Å². The van der Waals surface area contributed by atoms with Gasteiger partial charge in [-0.2, -0.15) is 0 Å². The standard InChI is InChI=1S/C37H54N8O9/c1-5-7-11-27(42-31(47)19-41-35(51)28-16-24(46)18-39-28)34(50)40-20-32(48)43-29(14-22(3)4)36(52)45(13-6-2)21-33(49)44-30(37(53)54)15-23-17-38-26-12-9-8-10-25(23)26/h8-10,12,17,22,27-30,38-39H,5-7,11,13-16,18-21H2,1-4H3,(H,40,50)(H,41,51)(H,42,47)(H,43,48)(H,44,49)(H,53,54)/t27?,28-,29-,30?/m0/s1. The number of hydrogen-bond donors (Lipinski definition) is 8. The molecule has 3 rings (SSSR count). The zero-order valence-electron chi connectivity index (χ0n) is 31.4.